The second kappa shape index (κ2) is 4.34. The maximum absolute atomic E-state index is 12.0. The Morgan fingerprint density at radius 2 is 2.12 bits per heavy atom. The van der Waals surface area contributed by atoms with E-state index in [0.717, 1.165) is 12.1 Å². The van der Waals surface area contributed by atoms with Gasteiger partial charge in [-0.25, -0.2) is 0 Å². The fourth-order valence-corrected chi connectivity index (χ4v) is 3.04. The summed E-state index contributed by atoms with van der Waals surface area (Å²) in [6.45, 7) is 6.41. The van der Waals surface area contributed by atoms with E-state index in [4.69, 9.17) is 11.6 Å². The van der Waals surface area contributed by atoms with Crippen molar-refractivity contribution < 1.29 is 4.79 Å². The van der Waals surface area contributed by atoms with Crippen LogP contribution in [0.5, 0.6) is 0 Å². The second-order valence-corrected chi connectivity index (χ2v) is 5.61. The third-order valence-electron chi connectivity index (χ3n) is 3.48. The van der Waals surface area contributed by atoms with E-state index < -0.39 is 0 Å². The van der Waals surface area contributed by atoms with Crippen LogP contribution in [0.4, 0.5) is 5.69 Å². The predicted octanol–water partition coefficient (Wildman–Crippen LogP) is 3.54. The fraction of sp³-hybridized carbons (Fsp3) is 0.500. The van der Waals surface area contributed by atoms with Crippen molar-refractivity contribution >= 4 is 23.2 Å². The third-order valence-corrected chi connectivity index (χ3v) is 3.71. The first kappa shape index (κ1) is 12.4. The summed E-state index contributed by atoms with van der Waals surface area (Å²) in [5.41, 5.74) is 2.09. The minimum absolute atomic E-state index is 0.0176. The molecule has 0 saturated carbocycles. The predicted molar refractivity (Wildman–Crippen MR) is 71.8 cm³/mol. The van der Waals surface area contributed by atoms with Gasteiger partial charge in [0.25, 0.3) is 0 Å². The number of amides is 1. The number of benzene rings is 1. The van der Waals surface area contributed by atoms with E-state index in [2.05, 4.69) is 26.8 Å². The molecule has 0 radical (unpaired) electrons. The molecule has 0 bridgehead atoms. The smallest absolute Gasteiger partial charge is 0.242 e. The molecular weight excluding hydrogens is 234 g/mol. The van der Waals surface area contributed by atoms with Gasteiger partial charge in [-0.05, 0) is 37.8 Å². The Labute approximate surface area is 108 Å². The largest absolute Gasteiger partial charge is 0.306 e. The van der Waals surface area contributed by atoms with Gasteiger partial charge in [-0.3, -0.25) is 4.79 Å². The monoisotopic (exact) mass is 251 g/mol. The summed E-state index contributed by atoms with van der Waals surface area (Å²) < 4.78 is 0. The lowest BCUT2D eigenvalue weighted by atomic mass is 9.80. The molecule has 0 saturated heterocycles. The average molecular weight is 252 g/mol. The minimum atomic E-state index is -0.167. The molecule has 0 aliphatic carbocycles. The van der Waals surface area contributed by atoms with Crippen molar-refractivity contribution in [1.29, 1.82) is 0 Å². The average Bonchev–Trinajstić information content (AvgIpc) is 2.27. The summed E-state index contributed by atoms with van der Waals surface area (Å²) in [6, 6.07) is 8.11. The first-order chi connectivity index (χ1) is 7.97. The molecule has 17 heavy (non-hydrogen) atoms. The Balaban J connectivity index is 2.55. The van der Waals surface area contributed by atoms with Crippen LogP contribution in [-0.2, 0) is 4.79 Å². The number of anilines is 1. The van der Waals surface area contributed by atoms with Crippen LogP contribution in [0.25, 0.3) is 0 Å². The van der Waals surface area contributed by atoms with E-state index in [1.807, 2.05) is 23.1 Å². The van der Waals surface area contributed by atoms with Crippen LogP contribution < -0.4 is 4.90 Å². The molecule has 1 aliphatic heterocycles. The van der Waals surface area contributed by atoms with Crippen LogP contribution >= 0.6 is 11.6 Å². The van der Waals surface area contributed by atoms with E-state index in [-0.39, 0.29) is 17.3 Å². The van der Waals surface area contributed by atoms with Crippen LogP contribution in [0.1, 0.15) is 38.7 Å². The molecule has 1 atom stereocenters. The van der Waals surface area contributed by atoms with Crippen molar-refractivity contribution in [3.05, 3.63) is 29.8 Å². The van der Waals surface area contributed by atoms with Crippen molar-refractivity contribution in [2.75, 3.05) is 10.8 Å². The maximum Gasteiger partial charge on any atom is 0.242 e. The van der Waals surface area contributed by atoms with Gasteiger partial charge in [0.1, 0.15) is 5.88 Å². The highest BCUT2D eigenvalue weighted by molar-refractivity contribution is 6.29. The number of alkyl halides is 1. The van der Waals surface area contributed by atoms with Crippen LogP contribution in [0, 0.1) is 0 Å². The molecule has 92 valence electrons. The Kier molecular flexibility index (Phi) is 3.17. The first-order valence-electron chi connectivity index (χ1n) is 5.95. The maximum atomic E-state index is 12.0. The molecule has 1 heterocycles. The highest BCUT2D eigenvalue weighted by Gasteiger charge is 2.39. The first-order valence-corrected chi connectivity index (χ1v) is 6.49. The lowest BCUT2D eigenvalue weighted by Gasteiger charge is -2.45. The highest BCUT2D eigenvalue weighted by atomic mass is 35.5. The van der Waals surface area contributed by atoms with Gasteiger partial charge in [0, 0.05) is 11.2 Å². The Morgan fingerprint density at radius 1 is 1.47 bits per heavy atom. The summed E-state index contributed by atoms with van der Waals surface area (Å²) in [5, 5.41) is 0. The SMILES string of the molecule is CC1CC(C)(C)N(C(=O)CCl)c2ccccc21. The van der Waals surface area contributed by atoms with Gasteiger partial charge < -0.3 is 4.90 Å². The number of carbonyl (C=O) groups is 1. The molecule has 2 nitrogen and oxygen atoms in total. The zero-order valence-electron chi connectivity index (χ0n) is 10.5. The standard InChI is InChI=1S/C14H18ClNO/c1-10-8-14(2,3)16(13(17)9-15)12-7-5-4-6-11(10)12/h4-7,10H,8-9H2,1-3H3. The van der Waals surface area contributed by atoms with Crippen LogP contribution in [0.3, 0.4) is 0 Å². The molecule has 2 rings (SSSR count). The zero-order chi connectivity index (χ0) is 12.6. The zero-order valence-corrected chi connectivity index (χ0v) is 11.3. The number of hydrogen-bond acceptors (Lipinski definition) is 1. The molecule has 3 heteroatoms. The van der Waals surface area contributed by atoms with Crippen molar-refractivity contribution in [1.82, 2.24) is 0 Å². The summed E-state index contributed by atoms with van der Waals surface area (Å²) in [5.74, 6) is 0.489. The number of carbonyl (C=O) groups excluding carboxylic acids is 1. The van der Waals surface area contributed by atoms with Gasteiger partial charge in [-0.2, -0.15) is 0 Å². The molecule has 1 aliphatic rings. The Morgan fingerprint density at radius 3 is 2.76 bits per heavy atom. The second-order valence-electron chi connectivity index (χ2n) is 5.34. The van der Waals surface area contributed by atoms with Crippen LogP contribution in [0.15, 0.2) is 24.3 Å². The molecule has 0 aromatic heterocycles. The van der Waals surface area contributed by atoms with Gasteiger partial charge in [-0.15, -0.1) is 11.6 Å². The van der Waals surface area contributed by atoms with Gasteiger partial charge in [0.2, 0.25) is 5.91 Å². The van der Waals surface area contributed by atoms with E-state index in [1.165, 1.54) is 5.56 Å². The van der Waals surface area contributed by atoms with Gasteiger partial charge in [-0.1, -0.05) is 25.1 Å². The fourth-order valence-electron chi connectivity index (χ4n) is 2.92. The lowest BCUT2D eigenvalue weighted by Crippen LogP contribution is -2.52. The molecule has 0 fully saturated rings. The van der Waals surface area contributed by atoms with E-state index in [0.29, 0.717) is 5.92 Å². The number of hydrogen-bond donors (Lipinski definition) is 0. The van der Waals surface area contributed by atoms with E-state index in [1.54, 1.807) is 0 Å². The number of para-hydroxylation sites is 1. The molecule has 1 aromatic carbocycles. The Hall–Kier alpha value is -1.02. The number of fused-ring (bicyclic) bond motifs is 1. The topological polar surface area (TPSA) is 20.3 Å². The molecule has 1 amide bonds. The van der Waals surface area contributed by atoms with Crippen molar-refractivity contribution in [2.45, 2.75) is 38.6 Å². The lowest BCUT2D eigenvalue weighted by molar-refractivity contribution is -0.117. The summed E-state index contributed by atoms with van der Waals surface area (Å²) in [6.07, 6.45) is 0.965. The number of halogens is 1. The quantitative estimate of drug-likeness (QED) is 0.699. The highest BCUT2D eigenvalue weighted by Crippen LogP contribution is 2.43. The third kappa shape index (κ3) is 2.06. The van der Waals surface area contributed by atoms with E-state index in [9.17, 15) is 4.79 Å². The molecule has 1 aromatic rings. The van der Waals surface area contributed by atoms with Crippen molar-refractivity contribution in [3.63, 3.8) is 0 Å². The van der Waals surface area contributed by atoms with Gasteiger partial charge in [0.05, 0.1) is 0 Å². The summed E-state index contributed by atoms with van der Waals surface area (Å²) in [4.78, 5) is 13.9. The molecule has 0 N–H and O–H groups in total. The number of nitrogens with zero attached hydrogens (tertiary/aromatic N) is 1. The van der Waals surface area contributed by atoms with Crippen molar-refractivity contribution in [3.8, 4) is 0 Å². The molecule has 1 unspecified atom stereocenters. The summed E-state index contributed by atoms with van der Waals surface area (Å²) in [7, 11) is 0. The summed E-state index contributed by atoms with van der Waals surface area (Å²) >= 11 is 5.72. The number of rotatable bonds is 1. The minimum Gasteiger partial charge on any atom is -0.306 e. The van der Waals surface area contributed by atoms with E-state index >= 15 is 0 Å². The van der Waals surface area contributed by atoms with Crippen molar-refractivity contribution in [2.24, 2.45) is 0 Å². The normalized spacial score (nSPS) is 22.1. The van der Waals surface area contributed by atoms with Crippen LogP contribution in [-0.4, -0.2) is 17.3 Å². The Bertz CT molecular complexity index is 442. The van der Waals surface area contributed by atoms with Gasteiger partial charge >= 0.3 is 0 Å². The molecule has 0 spiro atoms. The van der Waals surface area contributed by atoms with Gasteiger partial charge in [0.15, 0.2) is 0 Å². The molecular formula is C14H18ClNO. The van der Waals surface area contributed by atoms with Crippen LogP contribution in [0.2, 0.25) is 0 Å².